The highest BCUT2D eigenvalue weighted by Gasteiger charge is 2.25. The lowest BCUT2D eigenvalue weighted by molar-refractivity contribution is -0.144. The zero-order valence-corrected chi connectivity index (χ0v) is 12.5. The summed E-state index contributed by atoms with van der Waals surface area (Å²) in [6, 6.07) is 0. The Morgan fingerprint density at radius 3 is 2.32 bits per heavy atom. The number of hydrogen-bond donors (Lipinski definition) is 1. The molecule has 0 aromatic heterocycles. The van der Waals surface area contributed by atoms with Gasteiger partial charge >= 0.3 is 5.97 Å². The lowest BCUT2D eigenvalue weighted by atomic mass is 9.97. The number of amides is 1. The second-order valence-electron chi connectivity index (χ2n) is 4.51. The van der Waals surface area contributed by atoms with Crippen LogP contribution in [0.2, 0.25) is 0 Å². The Bertz CT molecular complexity index is 418. The monoisotopic (exact) mass is 327 g/mol. The van der Waals surface area contributed by atoms with Crippen LogP contribution in [0.15, 0.2) is 34.9 Å². The van der Waals surface area contributed by atoms with Gasteiger partial charge in [0.1, 0.15) is 0 Å². The number of carbonyl (C=O) groups is 2. The van der Waals surface area contributed by atoms with E-state index in [-0.39, 0.29) is 11.8 Å². The van der Waals surface area contributed by atoms with E-state index in [1.807, 2.05) is 13.0 Å². The van der Waals surface area contributed by atoms with Crippen molar-refractivity contribution in [3.63, 3.8) is 0 Å². The van der Waals surface area contributed by atoms with Crippen molar-refractivity contribution in [2.75, 3.05) is 13.1 Å². The van der Waals surface area contributed by atoms with Gasteiger partial charge in [0.15, 0.2) is 0 Å². The highest BCUT2D eigenvalue weighted by Crippen LogP contribution is 2.17. The molecule has 0 aliphatic carbocycles. The van der Waals surface area contributed by atoms with Gasteiger partial charge in [-0.2, -0.15) is 0 Å². The van der Waals surface area contributed by atoms with Gasteiger partial charge in [-0.15, -0.1) is 0 Å². The molecule has 1 saturated heterocycles. The van der Waals surface area contributed by atoms with Gasteiger partial charge in [0.05, 0.1) is 5.92 Å². The van der Waals surface area contributed by atoms with Crippen molar-refractivity contribution in [3.8, 4) is 0 Å². The van der Waals surface area contributed by atoms with Crippen LogP contribution < -0.4 is 0 Å². The smallest absolute Gasteiger partial charge is 0.306 e. The van der Waals surface area contributed by atoms with Crippen LogP contribution in [-0.4, -0.2) is 35.0 Å². The summed E-state index contributed by atoms with van der Waals surface area (Å²) in [6.45, 7) is 2.98. The van der Waals surface area contributed by atoms with Gasteiger partial charge in [0.25, 0.3) is 0 Å². The average molecular weight is 328 g/mol. The molecule has 5 heteroatoms. The molecule has 0 atom stereocenters. The lowest BCUT2D eigenvalue weighted by Gasteiger charge is -2.29. The van der Waals surface area contributed by atoms with Gasteiger partial charge in [-0.3, -0.25) is 9.59 Å². The highest BCUT2D eigenvalue weighted by atomic mass is 79.9. The second-order valence-corrected chi connectivity index (χ2v) is 4.97. The number of carboxylic acid groups (broad SMARTS) is 1. The molecule has 0 radical (unpaired) electrons. The molecular formula is C14H18BrNO3. The SMILES string of the molecule is CC(/C=C/C=C/C(=O)N1CCC(C(=O)O)CC1)=C\Br. The first-order valence-corrected chi connectivity index (χ1v) is 7.09. The van der Waals surface area contributed by atoms with Crippen molar-refractivity contribution >= 4 is 27.8 Å². The number of hydrogen-bond acceptors (Lipinski definition) is 2. The zero-order valence-electron chi connectivity index (χ0n) is 10.9. The molecule has 0 spiro atoms. The van der Waals surface area contributed by atoms with E-state index in [1.165, 1.54) is 6.08 Å². The third-order valence-electron chi connectivity index (χ3n) is 3.04. The number of halogens is 1. The van der Waals surface area contributed by atoms with E-state index in [0.29, 0.717) is 25.9 Å². The Morgan fingerprint density at radius 1 is 1.21 bits per heavy atom. The van der Waals surface area contributed by atoms with Crippen molar-refractivity contribution in [3.05, 3.63) is 34.9 Å². The Kier molecular flexibility index (Phi) is 6.56. The number of aliphatic carboxylic acids is 1. The fourth-order valence-corrected chi connectivity index (χ4v) is 1.99. The summed E-state index contributed by atoms with van der Waals surface area (Å²) >= 11 is 3.22. The molecule has 4 nitrogen and oxygen atoms in total. The Balaban J connectivity index is 2.41. The second kappa shape index (κ2) is 7.94. The minimum atomic E-state index is -0.761. The Hall–Kier alpha value is -1.36. The average Bonchev–Trinajstić information content (AvgIpc) is 2.43. The number of carboxylic acids is 1. The van der Waals surface area contributed by atoms with Gasteiger partial charge in [0, 0.05) is 19.2 Å². The minimum Gasteiger partial charge on any atom is -0.481 e. The lowest BCUT2D eigenvalue weighted by Crippen LogP contribution is -2.39. The Morgan fingerprint density at radius 2 is 1.79 bits per heavy atom. The Labute approximate surface area is 121 Å². The van der Waals surface area contributed by atoms with Crippen LogP contribution in [0.25, 0.3) is 0 Å². The van der Waals surface area contributed by atoms with Gasteiger partial charge in [-0.05, 0) is 30.3 Å². The minimum absolute atomic E-state index is 0.0611. The van der Waals surface area contributed by atoms with Crippen LogP contribution in [0.1, 0.15) is 19.8 Å². The quantitative estimate of drug-likeness (QED) is 0.638. The first kappa shape index (κ1) is 15.7. The first-order valence-electron chi connectivity index (χ1n) is 6.18. The fraction of sp³-hybridized carbons (Fsp3) is 0.429. The van der Waals surface area contributed by atoms with Crippen LogP contribution in [-0.2, 0) is 9.59 Å². The van der Waals surface area contributed by atoms with Gasteiger partial charge in [-0.1, -0.05) is 34.2 Å². The number of carbonyl (C=O) groups excluding carboxylic acids is 1. The zero-order chi connectivity index (χ0) is 14.3. The van der Waals surface area contributed by atoms with Crippen LogP contribution in [0.5, 0.6) is 0 Å². The topological polar surface area (TPSA) is 57.6 Å². The summed E-state index contributed by atoms with van der Waals surface area (Å²) in [4.78, 5) is 26.1. The van der Waals surface area contributed by atoms with E-state index >= 15 is 0 Å². The molecule has 0 bridgehead atoms. The van der Waals surface area contributed by atoms with Crippen molar-refractivity contribution < 1.29 is 14.7 Å². The van der Waals surface area contributed by atoms with Gasteiger partial charge in [-0.25, -0.2) is 0 Å². The maximum atomic E-state index is 11.8. The largest absolute Gasteiger partial charge is 0.481 e. The van der Waals surface area contributed by atoms with Gasteiger partial charge < -0.3 is 10.0 Å². The molecule has 0 aromatic rings. The molecule has 1 amide bonds. The van der Waals surface area contributed by atoms with E-state index in [4.69, 9.17) is 5.11 Å². The third-order valence-corrected chi connectivity index (χ3v) is 3.76. The molecule has 1 rings (SSSR count). The summed E-state index contributed by atoms with van der Waals surface area (Å²) in [6.07, 6.45) is 7.97. The van der Waals surface area contributed by atoms with E-state index in [2.05, 4.69) is 15.9 Å². The van der Waals surface area contributed by atoms with Crippen molar-refractivity contribution in [1.29, 1.82) is 0 Å². The molecular weight excluding hydrogens is 310 g/mol. The van der Waals surface area contributed by atoms with Crippen molar-refractivity contribution in [2.45, 2.75) is 19.8 Å². The highest BCUT2D eigenvalue weighted by molar-refractivity contribution is 9.11. The number of likely N-dealkylation sites (tertiary alicyclic amines) is 1. The molecule has 1 heterocycles. The number of piperidine rings is 1. The maximum absolute atomic E-state index is 11.8. The summed E-state index contributed by atoms with van der Waals surface area (Å²) < 4.78 is 0. The predicted molar refractivity (Wildman–Crippen MR) is 77.9 cm³/mol. The van der Waals surface area contributed by atoms with E-state index in [9.17, 15) is 9.59 Å². The molecule has 0 unspecified atom stereocenters. The molecule has 19 heavy (non-hydrogen) atoms. The molecule has 1 fully saturated rings. The molecule has 104 valence electrons. The van der Waals surface area contributed by atoms with Crippen LogP contribution >= 0.6 is 15.9 Å². The fourth-order valence-electron chi connectivity index (χ4n) is 1.83. The molecule has 1 aliphatic rings. The third kappa shape index (κ3) is 5.42. The normalized spacial score (nSPS) is 18.4. The van der Waals surface area contributed by atoms with Crippen molar-refractivity contribution in [1.82, 2.24) is 4.90 Å². The van der Waals surface area contributed by atoms with Gasteiger partial charge in [0.2, 0.25) is 5.91 Å². The van der Waals surface area contributed by atoms with Crippen molar-refractivity contribution in [2.24, 2.45) is 5.92 Å². The molecule has 1 aliphatic heterocycles. The van der Waals surface area contributed by atoms with Crippen LogP contribution in [0.4, 0.5) is 0 Å². The molecule has 0 saturated carbocycles. The first-order chi connectivity index (χ1) is 9.04. The van der Waals surface area contributed by atoms with E-state index in [0.717, 1.165) is 5.57 Å². The molecule has 1 N–H and O–H groups in total. The van der Waals surface area contributed by atoms with Crippen LogP contribution in [0.3, 0.4) is 0 Å². The summed E-state index contributed by atoms with van der Waals surface area (Å²) in [5.74, 6) is -1.13. The number of nitrogens with zero attached hydrogens (tertiary/aromatic N) is 1. The standard InChI is InChI=1S/C14H18BrNO3/c1-11(10-15)4-2-3-5-13(17)16-8-6-12(7-9-16)14(18)19/h2-5,10,12H,6-9H2,1H3,(H,18,19)/b4-2+,5-3+,11-10+. The summed E-state index contributed by atoms with van der Waals surface area (Å²) in [5, 5.41) is 8.88. The number of allylic oxidation sites excluding steroid dienone is 4. The van der Waals surface area contributed by atoms with Crippen LogP contribution in [0, 0.1) is 5.92 Å². The maximum Gasteiger partial charge on any atom is 0.306 e. The van der Waals surface area contributed by atoms with E-state index < -0.39 is 5.97 Å². The summed E-state index contributed by atoms with van der Waals surface area (Å²) in [7, 11) is 0. The molecule has 0 aromatic carbocycles. The van der Waals surface area contributed by atoms with E-state index in [1.54, 1.807) is 22.0 Å². The number of rotatable bonds is 4. The summed E-state index contributed by atoms with van der Waals surface area (Å²) in [5.41, 5.74) is 1.05. The predicted octanol–water partition coefficient (Wildman–Crippen LogP) is 2.72.